The van der Waals surface area contributed by atoms with Crippen LogP contribution in [-0.4, -0.2) is 21.9 Å². The molecular formula is C16H20ClN3. The maximum atomic E-state index is 6.10. The van der Waals surface area contributed by atoms with Crippen LogP contribution in [0.3, 0.4) is 0 Å². The number of benzene rings is 1. The van der Waals surface area contributed by atoms with Crippen molar-refractivity contribution in [1.29, 1.82) is 0 Å². The second-order valence-electron chi connectivity index (χ2n) is 5.60. The SMILES string of the molecule is Cc1nc2ccccc2nc1NC1CCCCC1CCl. The van der Waals surface area contributed by atoms with Crippen molar-refractivity contribution in [3.8, 4) is 0 Å². The van der Waals surface area contributed by atoms with Crippen LogP contribution in [0.25, 0.3) is 11.0 Å². The van der Waals surface area contributed by atoms with Gasteiger partial charge in [0, 0.05) is 11.9 Å². The summed E-state index contributed by atoms with van der Waals surface area (Å²) in [5.41, 5.74) is 2.86. The van der Waals surface area contributed by atoms with Crippen molar-refractivity contribution in [2.45, 2.75) is 38.6 Å². The minimum absolute atomic E-state index is 0.426. The topological polar surface area (TPSA) is 37.8 Å². The Hall–Kier alpha value is -1.35. The van der Waals surface area contributed by atoms with E-state index in [1.54, 1.807) is 0 Å². The first kappa shape index (κ1) is 13.6. The van der Waals surface area contributed by atoms with E-state index in [-0.39, 0.29) is 0 Å². The highest BCUT2D eigenvalue weighted by Crippen LogP contribution is 2.28. The normalized spacial score (nSPS) is 22.9. The van der Waals surface area contributed by atoms with Crippen LogP contribution in [0.5, 0.6) is 0 Å². The first-order valence-corrected chi connectivity index (χ1v) is 7.87. The number of aryl methyl sites for hydroxylation is 1. The number of hydrogen-bond acceptors (Lipinski definition) is 3. The van der Waals surface area contributed by atoms with Gasteiger partial charge in [0.1, 0.15) is 5.82 Å². The van der Waals surface area contributed by atoms with E-state index >= 15 is 0 Å². The van der Waals surface area contributed by atoms with Gasteiger partial charge in [-0.1, -0.05) is 25.0 Å². The fourth-order valence-corrected chi connectivity index (χ4v) is 3.35. The summed E-state index contributed by atoms with van der Waals surface area (Å²) < 4.78 is 0. The zero-order valence-electron chi connectivity index (χ0n) is 11.8. The summed E-state index contributed by atoms with van der Waals surface area (Å²) in [6, 6.07) is 8.43. The van der Waals surface area contributed by atoms with E-state index in [1.165, 1.54) is 25.7 Å². The molecule has 3 rings (SSSR count). The Morgan fingerprint density at radius 2 is 1.85 bits per heavy atom. The van der Waals surface area contributed by atoms with Crippen molar-refractivity contribution in [1.82, 2.24) is 9.97 Å². The molecule has 106 valence electrons. The Balaban J connectivity index is 1.87. The number of aromatic nitrogens is 2. The third kappa shape index (κ3) is 2.73. The minimum atomic E-state index is 0.426. The average molecular weight is 290 g/mol. The first-order valence-electron chi connectivity index (χ1n) is 7.34. The lowest BCUT2D eigenvalue weighted by atomic mass is 9.86. The average Bonchev–Trinajstić information content (AvgIpc) is 2.48. The number of nitrogens with zero attached hydrogens (tertiary/aromatic N) is 2. The maximum absolute atomic E-state index is 6.10. The molecule has 1 saturated carbocycles. The lowest BCUT2D eigenvalue weighted by molar-refractivity contribution is 0.352. The molecular weight excluding hydrogens is 270 g/mol. The number of para-hydroxylation sites is 2. The summed E-state index contributed by atoms with van der Waals surface area (Å²) in [6.45, 7) is 2.01. The molecule has 1 aliphatic carbocycles. The number of alkyl halides is 1. The fourth-order valence-electron chi connectivity index (χ4n) is 2.98. The monoisotopic (exact) mass is 289 g/mol. The number of halogens is 1. The Bertz CT molecular complexity index is 599. The smallest absolute Gasteiger partial charge is 0.148 e. The number of fused-ring (bicyclic) bond motifs is 1. The van der Waals surface area contributed by atoms with Crippen LogP contribution in [-0.2, 0) is 0 Å². The van der Waals surface area contributed by atoms with Gasteiger partial charge in [0.2, 0.25) is 0 Å². The molecule has 2 aromatic rings. The highest BCUT2D eigenvalue weighted by atomic mass is 35.5. The molecule has 1 aromatic carbocycles. The van der Waals surface area contributed by atoms with E-state index in [0.29, 0.717) is 12.0 Å². The van der Waals surface area contributed by atoms with Crippen molar-refractivity contribution >= 4 is 28.5 Å². The summed E-state index contributed by atoms with van der Waals surface area (Å²) in [5, 5.41) is 3.58. The van der Waals surface area contributed by atoms with E-state index in [4.69, 9.17) is 16.6 Å². The summed E-state index contributed by atoms with van der Waals surface area (Å²) in [7, 11) is 0. The van der Waals surface area contributed by atoms with Crippen LogP contribution >= 0.6 is 11.6 Å². The van der Waals surface area contributed by atoms with Gasteiger partial charge in [-0.25, -0.2) is 9.97 Å². The van der Waals surface area contributed by atoms with E-state index in [0.717, 1.165) is 28.4 Å². The lowest BCUT2D eigenvalue weighted by Crippen LogP contribution is -2.33. The van der Waals surface area contributed by atoms with Gasteiger partial charge in [-0.2, -0.15) is 0 Å². The minimum Gasteiger partial charge on any atom is -0.365 e. The second-order valence-corrected chi connectivity index (χ2v) is 5.90. The summed E-state index contributed by atoms with van der Waals surface area (Å²) in [6.07, 6.45) is 4.94. The van der Waals surface area contributed by atoms with Gasteiger partial charge in [-0.3, -0.25) is 0 Å². The van der Waals surface area contributed by atoms with Gasteiger partial charge < -0.3 is 5.32 Å². The van der Waals surface area contributed by atoms with Crippen molar-refractivity contribution in [3.63, 3.8) is 0 Å². The molecule has 0 spiro atoms. The quantitative estimate of drug-likeness (QED) is 0.863. The predicted octanol–water partition coefficient (Wildman–Crippen LogP) is 4.15. The standard InChI is InChI=1S/C16H20ClN3/c1-11-16(19-13-7-3-2-6-12(13)10-17)20-15-9-5-4-8-14(15)18-11/h4-5,8-9,12-13H,2-3,6-7,10H2,1H3,(H,19,20). The number of nitrogens with one attached hydrogen (secondary N) is 1. The summed E-state index contributed by atoms with van der Waals surface area (Å²) in [5.74, 6) is 2.17. The molecule has 1 fully saturated rings. The van der Waals surface area contributed by atoms with Crippen molar-refractivity contribution in [3.05, 3.63) is 30.0 Å². The van der Waals surface area contributed by atoms with E-state index in [2.05, 4.69) is 10.3 Å². The molecule has 3 nitrogen and oxygen atoms in total. The Labute approximate surface area is 124 Å². The van der Waals surface area contributed by atoms with Crippen molar-refractivity contribution < 1.29 is 0 Å². The first-order chi connectivity index (χ1) is 9.78. The van der Waals surface area contributed by atoms with Crippen molar-refractivity contribution in [2.24, 2.45) is 5.92 Å². The highest BCUT2D eigenvalue weighted by molar-refractivity contribution is 6.18. The molecule has 1 aliphatic rings. The zero-order chi connectivity index (χ0) is 13.9. The zero-order valence-corrected chi connectivity index (χ0v) is 12.5. The molecule has 1 heterocycles. The fraction of sp³-hybridized carbons (Fsp3) is 0.500. The van der Waals surface area contributed by atoms with Gasteiger partial charge in [0.25, 0.3) is 0 Å². The van der Waals surface area contributed by atoms with Gasteiger partial charge in [0.05, 0.1) is 16.7 Å². The number of rotatable bonds is 3. The third-order valence-corrected chi connectivity index (χ3v) is 4.57. The highest BCUT2D eigenvalue weighted by Gasteiger charge is 2.25. The van der Waals surface area contributed by atoms with Gasteiger partial charge in [-0.05, 0) is 37.8 Å². The van der Waals surface area contributed by atoms with Crippen LogP contribution in [0.2, 0.25) is 0 Å². The predicted molar refractivity (Wildman–Crippen MR) is 84.4 cm³/mol. The second kappa shape index (κ2) is 5.96. The maximum Gasteiger partial charge on any atom is 0.148 e. The molecule has 4 heteroatoms. The largest absolute Gasteiger partial charge is 0.365 e. The molecule has 0 amide bonds. The number of anilines is 1. The molecule has 1 aromatic heterocycles. The Morgan fingerprint density at radius 1 is 1.15 bits per heavy atom. The molecule has 0 radical (unpaired) electrons. The van der Waals surface area contributed by atoms with Crippen molar-refractivity contribution in [2.75, 3.05) is 11.2 Å². The molecule has 2 unspecified atom stereocenters. The molecule has 0 bridgehead atoms. The lowest BCUT2D eigenvalue weighted by Gasteiger charge is -2.31. The van der Waals surface area contributed by atoms with Crippen LogP contribution in [0.4, 0.5) is 5.82 Å². The van der Waals surface area contributed by atoms with Crippen LogP contribution in [0.1, 0.15) is 31.4 Å². The van der Waals surface area contributed by atoms with Crippen LogP contribution < -0.4 is 5.32 Å². The van der Waals surface area contributed by atoms with E-state index < -0.39 is 0 Å². The summed E-state index contributed by atoms with van der Waals surface area (Å²) in [4.78, 5) is 9.35. The van der Waals surface area contributed by atoms with Gasteiger partial charge in [-0.15, -0.1) is 11.6 Å². The summed E-state index contributed by atoms with van der Waals surface area (Å²) >= 11 is 6.10. The molecule has 2 atom stereocenters. The molecule has 20 heavy (non-hydrogen) atoms. The van der Waals surface area contributed by atoms with Crippen LogP contribution in [0, 0.1) is 12.8 Å². The van der Waals surface area contributed by atoms with Gasteiger partial charge in [0.15, 0.2) is 0 Å². The van der Waals surface area contributed by atoms with Gasteiger partial charge >= 0.3 is 0 Å². The molecule has 0 aliphatic heterocycles. The van der Waals surface area contributed by atoms with Crippen LogP contribution in [0.15, 0.2) is 24.3 Å². The molecule has 1 N–H and O–H groups in total. The Kier molecular flexibility index (Phi) is 4.06. The van der Waals surface area contributed by atoms with E-state index in [9.17, 15) is 0 Å². The third-order valence-electron chi connectivity index (χ3n) is 4.17. The van der Waals surface area contributed by atoms with E-state index in [1.807, 2.05) is 31.2 Å². The Morgan fingerprint density at radius 3 is 2.60 bits per heavy atom. The molecule has 0 saturated heterocycles. The number of hydrogen-bond donors (Lipinski definition) is 1.